The molecule has 1 heteroatoms. The minimum absolute atomic E-state index is 0.634. The molecule has 0 spiro atoms. The van der Waals surface area contributed by atoms with Crippen LogP contribution < -0.4 is 4.90 Å². The number of hydrogen-bond acceptors (Lipinski definition) is 0. The summed E-state index contributed by atoms with van der Waals surface area (Å²) in [4.78, 5) is 1.43. The monoisotopic (exact) mass is 189 g/mol. The fourth-order valence-corrected chi connectivity index (χ4v) is 2.42. The van der Waals surface area contributed by atoms with Crippen molar-refractivity contribution in [3.8, 4) is 0 Å². The van der Waals surface area contributed by atoms with Gasteiger partial charge in [-0.3, -0.25) is 0 Å². The Morgan fingerprint density at radius 3 is 2.79 bits per heavy atom. The maximum Gasteiger partial charge on any atom is 0.0896 e. The second-order valence-electron chi connectivity index (χ2n) is 4.46. The Morgan fingerprint density at radius 1 is 1.36 bits per heavy atom. The van der Waals surface area contributed by atoms with Gasteiger partial charge in [-0.1, -0.05) is 17.7 Å². The van der Waals surface area contributed by atoms with Crippen molar-refractivity contribution in [3.05, 3.63) is 41.9 Å². The van der Waals surface area contributed by atoms with Crippen molar-refractivity contribution in [2.45, 2.75) is 32.7 Å². The van der Waals surface area contributed by atoms with Crippen LogP contribution in [0.5, 0.6) is 0 Å². The van der Waals surface area contributed by atoms with Crippen LogP contribution >= 0.6 is 0 Å². The first-order chi connectivity index (χ1) is 6.68. The lowest BCUT2D eigenvalue weighted by Crippen LogP contribution is -3.04. The zero-order valence-electron chi connectivity index (χ0n) is 9.14. The van der Waals surface area contributed by atoms with Crippen molar-refractivity contribution in [2.24, 2.45) is 0 Å². The normalized spacial score (nSPS) is 26.8. The molecule has 1 nitrogen and oxygen atoms in total. The minimum Gasteiger partial charge on any atom is -0.462 e. The molecule has 1 aromatic rings. The maximum absolute atomic E-state index is 4.18. The van der Waals surface area contributed by atoms with Gasteiger partial charge in [0, 0.05) is 18.4 Å². The first kappa shape index (κ1) is 9.72. The molecule has 0 aromatic heterocycles. The summed E-state index contributed by atoms with van der Waals surface area (Å²) in [7, 11) is 4.18. The quantitative estimate of drug-likeness (QED) is 0.643. The summed E-state index contributed by atoms with van der Waals surface area (Å²) in [6.45, 7) is 5.60. The molecule has 0 aliphatic carbocycles. The lowest BCUT2D eigenvalue weighted by atomic mass is 9.97. The molecular weight excluding hydrogens is 170 g/mol. The van der Waals surface area contributed by atoms with E-state index in [4.69, 9.17) is 0 Å². The molecule has 1 aliphatic heterocycles. The van der Waals surface area contributed by atoms with Gasteiger partial charge in [-0.15, -0.1) is 0 Å². The molecule has 14 heavy (non-hydrogen) atoms. The Kier molecular flexibility index (Phi) is 2.60. The van der Waals surface area contributed by atoms with E-state index in [1.165, 1.54) is 41.0 Å². The van der Waals surface area contributed by atoms with Crippen molar-refractivity contribution in [3.63, 3.8) is 0 Å². The number of aryl methyl sites for hydroxylation is 2. The van der Waals surface area contributed by atoms with Gasteiger partial charge in [-0.2, -0.15) is 7.05 Å². The van der Waals surface area contributed by atoms with Crippen LogP contribution in [0.15, 0.2) is 18.2 Å². The smallest absolute Gasteiger partial charge is 0.0896 e. The molecule has 0 saturated carbocycles. The third-order valence-corrected chi connectivity index (χ3v) is 3.29. The van der Waals surface area contributed by atoms with Crippen LogP contribution in [0.25, 0.3) is 0 Å². The van der Waals surface area contributed by atoms with E-state index in [0.29, 0.717) is 6.04 Å². The summed E-state index contributed by atoms with van der Waals surface area (Å²) >= 11 is 0. The molecule has 76 valence electrons. The highest BCUT2D eigenvalue weighted by Gasteiger charge is 2.24. The Balaban J connectivity index is 2.34. The number of rotatable bonds is 1. The van der Waals surface area contributed by atoms with Gasteiger partial charge in [0.15, 0.2) is 0 Å². The van der Waals surface area contributed by atoms with Crippen LogP contribution in [0, 0.1) is 20.9 Å². The molecule has 0 radical (unpaired) electrons. The van der Waals surface area contributed by atoms with E-state index in [0.717, 1.165) is 0 Å². The van der Waals surface area contributed by atoms with E-state index in [2.05, 4.69) is 39.1 Å². The molecule has 1 saturated heterocycles. The second-order valence-corrected chi connectivity index (χ2v) is 4.46. The van der Waals surface area contributed by atoms with Crippen LogP contribution in [0.3, 0.4) is 0 Å². The van der Waals surface area contributed by atoms with Crippen LogP contribution in [0.1, 0.15) is 35.6 Å². The van der Waals surface area contributed by atoms with Gasteiger partial charge < -0.3 is 4.90 Å². The standard InChI is InChI=1S/C13H19N/c1-10-6-7-11(2)12(9-10)13-5-4-8-14(13)3/h6-7,9,13-14H,3-5,8H2,1-2H3. The summed E-state index contributed by atoms with van der Waals surface area (Å²) in [6.07, 6.45) is 2.61. The van der Waals surface area contributed by atoms with Crippen molar-refractivity contribution >= 4 is 0 Å². The van der Waals surface area contributed by atoms with Gasteiger partial charge in [-0.05, 0) is 25.5 Å². The highest BCUT2D eigenvalue weighted by Crippen LogP contribution is 2.23. The molecule has 2 atom stereocenters. The Labute approximate surface area is 86.7 Å². The molecule has 0 amide bonds. The number of nitrogens with one attached hydrogen (secondary N) is 1. The minimum atomic E-state index is 0.634. The SMILES string of the molecule is [CH2-][NH+]1CCCC1c1cc(C)ccc1C. The average molecular weight is 189 g/mol. The van der Waals surface area contributed by atoms with Crippen LogP contribution in [-0.4, -0.2) is 6.54 Å². The average Bonchev–Trinajstić information content (AvgIpc) is 2.56. The first-order valence-electron chi connectivity index (χ1n) is 5.43. The van der Waals surface area contributed by atoms with Crippen LogP contribution in [-0.2, 0) is 0 Å². The van der Waals surface area contributed by atoms with E-state index in [9.17, 15) is 0 Å². The van der Waals surface area contributed by atoms with E-state index < -0.39 is 0 Å². The molecule has 1 N–H and O–H groups in total. The Hall–Kier alpha value is -0.820. The van der Waals surface area contributed by atoms with Gasteiger partial charge in [-0.25, -0.2) is 0 Å². The van der Waals surface area contributed by atoms with Gasteiger partial charge in [0.25, 0.3) is 0 Å². The molecule has 1 aromatic carbocycles. The molecule has 1 heterocycles. The number of likely N-dealkylation sites (tertiary alicyclic amines) is 1. The Bertz CT molecular complexity index is 330. The van der Waals surface area contributed by atoms with Gasteiger partial charge >= 0.3 is 0 Å². The van der Waals surface area contributed by atoms with Gasteiger partial charge in [0.05, 0.1) is 12.6 Å². The molecule has 0 bridgehead atoms. The highest BCUT2D eigenvalue weighted by atomic mass is 15.1. The topological polar surface area (TPSA) is 4.44 Å². The molecule has 1 aliphatic rings. The maximum atomic E-state index is 4.18. The van der Waals surface area contributed by atoms with Crippen molar-refractivity contribution in [1.29, 1.82) is 0 Å². The van der Waals surface area contributed by atoms with Crippen molar-refractivity contribution in [1.82, 2.24) is 0 Å². The molecular formula is C13H19N. The number of hydrogen-bond donors (Lipinski definition) is 1. The zero-order chi connectivity index (χ0) is 10.1. The van der Waals surface area contributed by atoms with Crippen molar-refractivity contribution < 1.29 is 4.90 Å². The Morgan fingerprint density at radius 2 is 2.14 bits per heavy atom. The van der Waals surface area contributed by atoms with E-state index in [-0.39, 0.29) is 0 Å². The summed E-state index contributed by atoms with van der Waals surface area (Å²) < 4.78 is 0. The summed E-state index contributed by atoms with van der Waals surface area (Å²) in [5, 5.41) is 0. The van der Waals surface area contributed by atoms with Crippen LogP contribution in [0.4, 0.5) is 0 Å². The largest absolute Gasteiger partial charge is 0.462 e. The van der Waals surface area contributed by atoms with Gasteiger partial charge in [0.2, 0.25) is 0 Å². The lowest BCUT2D eigenvalue weighted by Gasteiger charge is -2.25. The van der Waals surface area contributed by atoms with Gasteiger partial charge in [0.1, 0.15) is 0 Å². The predicted molar refractivity (Wildman–Crippen MR) is 59.1 cm³/mol. The van der Waals surface area contributed by atoms with E-state index >= 15 is 0 Å². The summed E-state index contributed by atoms with van der Waals surface area (Å²) in [6, 6.07) is 7.39. The zero-order valence-corrected chi connectivity index (χ0v) is 9.14. The summed E-state index contributed by atoms with van der Waals surface area (Å²) in [5.74, 6) is 0. The molecule has 2 unspecified atom stereocenters. The van der Waals surface area contributed by atoms with Crippen LogP contribution in [0.2, 0.25) is 0 Å². The lowest BCUT2D eigenvalue weighted by molar-refractivity contribution is -0.873. The third-order valence-electron chi connectivity index (χ3n) is 3.29. The number of benzene rings is 1. The fraction of sp³-hybridized carbons (Fsp3) is 0.462. The van der Waals surface area contributed by atoms with E-state index in [1.54, 1.807) is 0 Å². The predicted octanol–water partition coefficient (Wildman–Crippen LogP) is 1.81. The van der Waals surface area contributed by atoms with E-state index in [1.807, 2.05) is 0 Å². The molecule has 2 rings (SSSR count). The highest BCUT2D eigenvalue weighted by molar-refractivity contribution is 5.32. The number of quaternary nitrogens is 1. The van der Waals surface area contributed by atoms with Crippen molar-refractivity contribution in [2.75, 3.05) is 6.54 Å². The summed E-state index contributed by atoms with van der Waals surface area (Å²) in [5.41, 5.74) is 4.29. The first-order valence-corrected chi connectivity index (χ1v) is 5.43. The second kappa shape index (κ2) is 3.74. The fourth-order valence-electron chi connectivity index (χ4n) is 2.42. The third kappa shape index (κ3) is 1.69. The molecule has 1 fully saturated rings.